The number of likely N-dealkylation sites (N-methyl/N-ethyl adjacent to an activating group) is 1. The minimum atomic E-state index is 0.0712. The van der Waals surface area contributed by atoms with Crippen molar-refractivity contribution in [3.05, 3.63) is 53.4 Å². The molecule has 4 rings (SSSR count). The minimum absolute atomic E-state index is 0.0712. The molecule has 0 fully saturated rings. The lowest BCUT2D eigenvalue weighted by atomic mass is 10.0. The molecule has 0 bridgehead atoms. The topological polar surface area (TPSA) is 70.8 Å². The molecule has 6 heteroatoms. The molecule has 2 aromatic heterocycles. The summed E-state index contributed by atoms with van der Waals surface area (Å²) in [6.45, 7) is 2.86. The molecule has 6 nitrogen and oxygen atoms in total. The molecule has 22 heavy (non-hydrogen) atoms. The Morgan fingerprint density at radius 1 is 1.36 bits per heavy atom. The van der Waals surface area contributed by atoms with E-state index in [1.54, 1.807) is 6.33 Å². The molecule has 1 N–H and O–H groups in total. The Morgan fingerprint density at radius 3 is 3.14 bits per heavy atom. The second-order valence-electron chi connectivity index (χ2n) is 5.79. The molecule has 1 aliphatic rings. The molecule has 0 aliphatic carbocycles. The molecule has 0 amide bonds. The molecule has 3 aromatic rings. The summed E-state index contributed by atoms with van der Waals surface area (Å²) in [7, 11) is 2.06. The van der Waals surface area contributed by atoms with Gasteiger partial charge in [-0.25, -0.2) is 4.98 Å². The van der Waals surface area contributed by atoms with Gasteiger partial charge in [-0.1, -0.05) is 28.9 Å². The number of benzene rings is 1. The van der Waals surface area contributed by atoms with Gasteiger partial charge in [-0.3, -0.25) is 4.90 Å². The highest BCUT2D eigenvalue weighted by Gasteiger charge is 2.30. The van der Waals surface area contributed by atoms with Gasteiger partial charge in [0.15, 0.2) is 0 Å². The Morgan fingerprint density at radius 2 is 2.27 bits per heavy atom. The van der Waals surface area contributed by atoms with Gasteiger partial charge in [-0.2, -0.15) is 4.98 Å². The molecule has 3 heterocycles. The maximum Gasteiger partial charge on any atom is 0.244 e. The summed E-state index contributed by atoms with van der Waals surface area (Å²) < 4.78 is 5.52. The van der Waals surface area contributed by atoms with Gasteiger partial charge in [0.1, 0.15) is 0 Å². The van der Waals surface area contributed by atoms with E-state index in [2.05, 4.69) is 51.1 Å². The highest BCUT2D eigenvalue weighted by Crippen LogP contribution is 2.30. The first kappa shape index (κ1) is 13.2. The summed E-state index contributed by atoms with van der Waals surface area (Å²) in [4.78, 5) is 14.3. The van der Waals surface area contributed by atoms with Gasteiger partial charge in [0.2, 0.25) is 11.7 Å². The molecule has 0 saturated heterocycles. The van der Waals surface area contributed by atoms with Gasteiger partial charge < -0.3 is 9.51 Å². The van der Waals surface area contributed by atoms with Crippen molar-refractivity contribution < 1.29 is 4.52 Å². The average Bonchev–Trinajstić information content (AvgIpc) is 3.14. The van der Waals surface area contributed by atoms with E-state index in [0.717, 1.165) is 29.9 Å². The van der Waals surface area contributed by atoms with Crippen LogP contribution < -0.4 is 0 Å². The van der Waals surface area contributed by atoms with Crippen LogP contribution in [0.25, 0.3) is 11.4 Å². The summed E-state index contributed by atoms with van der Waals surface area (Å²) in [6.07, 6.45) is 2.53. The highest BCUT2D eigenvalue weighted by atomic mass is 16.5. The number of H-pyrrole nitrogens is 1. The van der Waals surface area contributed by atoms with E-state index in [9.17, 15) is 0 Å². The number of nitrogens with zero attached hydrogens (tertiary/aromatic N) is 4. The third kappa shape index (κ3) is 2.21. The van der Waals surface area contributed by atoms with Crippen LogP contribution in [0.2, 0.25) is 0 Å². The fraction of sp³-hybridized carbons (Fsp3) is 0.312. The molecular weight excluding hydrogens is 278 g/mol. The summed E-state index contributed by atoms with van der Waals surface area (Å²) in [5, 5.41) is 4.14. The van der Waals surface area contributed by atoms with Crippen LogP contribution in [0, 0.1) is 6.92 Å². The number of fused-ring (bicyclic) bond motifs is 1. The maximum atomic E-state index is 5.52. The smallest absolute Gasteiger partial charge is 0.244 e. The van der Waals surface area contributed by atoms with E-state index < -0.39 is 0 Å². The fourth-order valence-corrected chi connectivity index (χ4v) is 2.91. The summed E-state index contributed by atoms with van der Waals surface area (Å²) >= 11 is 0. The first-order valence-electron chi connectivity index (χ1n) is 7.33. The summed E-state index contributed by atoms with van der Waals surface area (Å²) in [5.74, 6) is 1.28. The Hall–Kier alpha value is -2.47. The predicted octanol–water partition coefficient (Wildman–Crippen LogP) is 2.50. The van der Waals surface area contributed by atoms with Gasteiger partial charge in [0.25, 0.3) is 0 Å². The average molecular weight is 295 g/mol. The largest absolute Gasteiger partial charge is 0.347 e. The zero-order chi connectivity index (χ0) is 15.1. The van der Waals surface area contributed by atoms with Crippen molar-refractivity contribution in [3.63, 3.8) is 0 Å². The number of aromatic nitrogens is 4. The molecular formula is C16H17N5O. The summed E-state index contributed by atoms with van der Waals surface area (Å²) in [5.41, 5.74) is 4.41. The van der Waals surface area contributed by atoms with Gasteiger partial charge in [-0.05, 0) is 20.0 Å². The van der Waals surface area contributed by atoms with Gasteiger partial charge >= 0.3 is 0 Å². The van der Waals surface area contributed by atoms with Crippen LogP contribution in [0.4, 0.5) is 0 Å². The van der Waals surface area contributed by atoms with Gasteiger partial charge in [0, 0.05) is 18.5 Å². The van der Waals surface area contributed by atoms with Crippen LogP contribution in [0.3, 0.4) is 0 Å². The Kier molecular flexibility index (Phi) is 3.04. The minimum Gasteiger partial charge on any atom is -0.347 e. The lowest BCUT2D eigenvalue weighted by Gasteiger charge is -2.28. The lowest BCUT2D eigenvalue weighted by Crippen LogP contribution is -2.31. The van der Waals surface area contributed by atoms with E-state index in [1.807, 2.05) is 12.1 Å². The number of hydrogen-bond acceptors (Lipinski definition) is 5. The number of nitrogens with one attached hydrogen (secondary N) is 1. The number of hydrogen-bond donors (Lipinski definition) is 1. The normalized spacial score (nSPS) is 18.4. The molecule has 0 radical (unpaired) electrons. The Bertz CT molecular complexity index is 806. The molecule has 1 atom stereocenters. The highest BCUT2D eigenvalue weighted by molar-refractivity contribution is 5.55. The van der Waals surface area contributed by atoms with Gasteiger partial charge in [0.05, 0.1) is 23.8 Å². The Labute approximate surface area is 128 Å². The monoisotopic (exact) mass is 295 g/mol. The van der Waals surface area contributed by atoms with Crippen molar-refractivity contribution >= 4 is 0 Å². The maximum absolute atomic E-state index is 5.52. The second-order valence-corrected chi connectivity index (χ2v) is 5.79. The van der Waals surface area contributed by atoms with Crippen LogP contribution in [-0.4, -0.2) is 32.1 Å². The number of aryl methyl sites for hydroxylation is 1. The van der Waals surface area contributed by atoms with E-state index in [1.165, 1.54) is 5.56 Å². The van der Waals surface area contributed by atoms with Crippen molar-refractivity contribution in [3.8, 4) is 11.4 Å². The zero-order valence-electron chi connectivity index (χ0n) is 12.6. The molecule has 0 saturated carbocycles. The molecule has 1 unspecified atom stereocenters. The van der Waals surface area contributed by atoms with E-state index in [4.69, 9.17) is 4.52 Å². The predicted molar refractivity (Wildman–Crippen MR) is 81.0 cm³/mol. The third-order valence-corrected chi connectivity index (χ3v) is 4.14. The first-order valence-corrected chi connectivity index (χ1v) is 7.33. The van der Waals surface area contributed by atoms with Crippen LogP contribution in [0.5, 0.6) is 0 Å². The zero-order valence-corrected chi connectivity index (χ0v) is 12.6. The van der Waals surface area contributed by atoms with Crippen molar-refractivity contribution in [2.24, 2.45) is 0 Å². The third-order valence-electron chi connectivity index (χ3n) is 4.14. The van der Waals surface area contributed by atoms with Crippen molar-refractivity contribution in [2.45, 2.75) is 25.9 Å². The van der Waals surface area contributed by atoms with Crippen molar-refractivity contribution in [2.75, 3.05) is 7.05 Å². The lowest BCUT2D eigenvalue weighted by molar-refractivity contribution is 0.171. The van der Waals surface area contributed by atoms with Crippen LogP contribution in [0.15, 0.2) is 35.1 Å². The first-order chi connectivity index (χ1) is 10.7. The second kappa shape index (κ2) is 5.06. The summed E-state index contributed by atoms with van der Waals surface area (Å²) in [6, 6.07) is 8.19. The van der Waals surface area contributed by atoms with Gasteiger partial charge in [-0.15, -0.1) is 0 Å². The molecule has 1 aromatic carbocycles. The van der Waals surface area contributed by atoms with E-state index in [0.29, 0.717) is 11.7 Å². The number of aromatic amines is 1. The van der Waals surface area contributed by atoms with Crippen LogP contribution >= 0.6 is 0 Å². The van der Waals surface area contributed by atoms with E-state index >= 15 is 0 Å². The Balaban J connectivity index is 1.64. The van der Waals surface area contributed by atoms with Crippen LogP contribution in [-0.2, 0) is 13.0 Å². The quantitative estimate of drug-likeness (QED) is 0.786. The fourth-order valence-electron chi connectivity index (χ4n) is 2.91. The standard InChI is InChI=1S/C16H17N5O/c1-10-4-3-5-11(6-10)15-19-16(22-20-15)14-7-12-13(8-21(14)2)18-9-17-12/h3-6,9,14H,7-8H2,1-2H3,(H,17,18). The van der Waals surface area contributed by atoms with E-state index in [-0.39, 0.29) is 6.04 Å². The number of imidazole rings is 1. The van der Waals surface area contributed by atoms with Crippen LogP contribution in [0.1, 0.15) is 28.9 Å². The SMILES string of the molecule is Cc1cccc(-c2noc(C3Cc4nc[nH]c4CN3C)n2)c1. The van der Waals surface area contributed by atoms with Crippen molar-refractivity contribution in [1.82, 2.24) is 25.0 Å². The number of rotatable bonds is 2. The molecule has 112 valence electrons. The van der Waals surface area contributed by atoms with Crippen molar-refractivity contribution in [1.29, 1.82) is 0 Å². The molecule has 1 aliphatic heterocycles. The molecule has 0 spiro atoms.